The van der Waals surface area contributed by atoms with Crippen LogP contribution in [-0.2, 0) is 14.3 Å². The second kappa shape index (κ2) is 6.37. The van der Waals surface area contributed by atoms with Crippen molar-refractivity contribution in [2.75, 3.05) is 26.8 Å². The molecule has 2 heterocycles. The normalized spacial score (nSPS) is 29.2. The summed E-state index contributed by atoms with van der Waals surface area (Å²) in [5.74, 6) is 0.809. The van der Waals surface area contributed by atoms with Crippen molar-refractivity contribution in [2.45, 2.75) is 38.6 Å². The van der Waals surface area contributed by atoms with E-state index in [1.165, 1.54) is 0 Å². The summed E-state index contributed by atoms with van der Waals surface area (Å²) < 4.78 is 5.13. The first kappa shape index (κ1) is 14.3. The van der Waals surface area contributed by atoms with E-state index in [1.54, 1.807) is 7.11 Å². The van der Waals surface area contributed by atoms with E-state index in [9.17, 15) is 9.59 Å². The molecule has 2 aliphatic heterocycles. The number of rotatable bonds is 3. The highest BCUT2D eigenvalue weighted by atomic mass is 16.5. The Morgan fingerprint density at radius 2 is 2.05 bits per heavy atom. The molecule has 0 spiro atoms. The minimum atomic E-state index is -0.168. The Kier molecular flexibility index (Phi) is 4.80. The minimum Gasteiger partial charge on any atom is -0.383 e. The van der Waals surface area contributed by atoms with Crippen LogP contribution < -0.4 is 5.32 Å². The molecule has 2 atom stereocenters. The highest BCUT2D eigenvalue weighted by Gasteiger charge is 2.36. The molecule has 108 valence electrons. The molecular formula is C14H24N2O3. The third kappa shape index (κ3) is 3.47. The molecule has 1 N–H and O–H groups in total. The molecule has 2 aliphatic rings. The lowest BCUT2D eigenvalue weighted by Gasteiger charge is -2.37. The van der Waals surface area contributed by atoms with E-state index in [-0.39, 0.29) is 23.8 Å². The summed E-state index contributed by atoms with van der Waals surface area (Å²) in [7, 11) is 1.60. The molecule has 5 heteroatoms. The Morgan fingerprint density at radius 3 is 2.68 bits per heavy atom. The van der Waals surface area contributed by atoms with Gasteiger partial charge >= 0.3 is 0 Å². The SMILES string of the molecule is COC[C@H]1NC(=O)CC[C@H]1C(=O)N1CCC(C)CC1. The molecule has 0 aromatic carbocycles. The summed E-state index contributed by atoms with van der Waals surface area (Å²) in [5.41, 5.74) is 0. The second-order valence-electron chi connectivity index (χ2n) is 5.78. The fourth-order valence-electron chi connectivity index (χ4n) is 2.96. The molecule has 2 fully saturated rings. The van der Waals surface area contributed by atoms with Crippen LogP contribution in [-0.4, -0.2) is 49.6 Å². The lowest BCUT2D eigenvalue weighted by molar-refractivity contribution is -0.141. The van der Waals surface area contributed by atoms with Gasteiger partial charge in [-0.2, -0.15) is 0 Å². The van der Waals surface area contributed by atoms with E-state index < -0.39 is 0 Å². The molecule has 0 saturated carbocycles. The largest absolute Gasteiger partial charge is 0.383 e. The smallest absolute Gasteiger partial charge is 0.227 e. The van der Waals surface area contributed by atoms with Crippen LogP contribution in [0.3, 0.4) is 0 Å². The molecule has 2 amide bonds. The number of piperidine rings is 2. The number of hydrogen-bond donors (Lipinski definition) is 1. The van der Waals surface area contributed by atoms with Crippen molar-refractivity contribution in [2.24, 2.45) is 11.8 Å². The number of nitrogens with one attached hydrogen (secondary N) is 1. The zero-order chi connectivity index (χ0) is 13.8. The first-order valence-electron chi connectivity index (χ1n) is 7.19. The zero-order valence-corrected chi connectivity index (χ0v) is 11.9. The molecule has 0 aliphatic carbocycles. The van der Waals surface area contributed by atoms with Gasteiger partial charge in [0.1, 0.15) is 0 Å². The third-order valence-corrected chi connectivity index (χ3v) is 4.27. The quantitative estimate of drug-likeness (QED) is 0.823. The molecule has 0 aromatic heterocycles. The lowest BCUT2D eigenvalue weighted by atomic mass is 9.88. The van der Waals surface area contributed by atoms with E-state index in [0.717, 1.165) is 25.9 Å². The number of amides is 2. The van der Waals surface area contributed by atoms with Gasteiger partial charge in [-0.3, -0.25) is 9.59 Å². The van der Waals surface area contributed by atoms with E-state index in [4.69, 9.17) is 4.74 Å². The topological polar surface area (TPSA) is 58.6 Å². The van der Waals surface area contributed by atoms with Crippen molar-refractivity contribution in [1.29, 1.82) is 0 Å². The van der Waals surface area contributed by atoms with Crippen LogP contribution in [0.2, 0.25) is 0 Å². The van der Waals surface area contributed by atoms with Crippen LogP contribution >= 0.6 is 0 Å². The number of carbonyl (C=O) groups excluding carboxylic acids is 2. The van der Waals surface area contributed by atoms with Crippen LogP contribution in [0.25, 0.3) is 0 Å². The summed E-state index contributed by atoms with van der Waals surface area (Å²) >= 11 is 0. The van der Waals surface area contributed by atoms with Crippen molar-refractivity contribution in [3.8, 4) is 0 Å². The predicted octanol–water partition coefficient (Wildman–Crippen LogP) is 0.786. The average molecular weight is 268 g/mol. The zero-order valence-electron chi connectivity index (χ0n) is 11.9. The maximum Gasteiger partial charge on any atom is 0.227 e. The maximum atomic E-state index is 12.6. The van der Waals surface area contributed by atoms with Gasteiger partial charge in [0.15, 0.2) is 0 Å². The fourth-order valence-corrected chi connectivity index (χ4v) is 2.96. The highest BCUT2D eigenvalue weighted by molar-refractivity contribution is 5.84. The second-order valence-corrected chi connectivity index (χ2v) is 5.78. The van der Waals surface area contributed by atoms with Gasteiger partial charge in [0.25, 0.3) is 0 Å². The van der Waals surface area contributed by atoms with Gasteiger partial charge in [-0.05, 0) is 25.2 Å². The Bertz CT molecular complexity index is 338. The van der Waals surface area contributed by atoms with Gasteiger partial charge in [-0.1, -0.05) is 6.92 Å². The van der Waals surface area contributed by atoms with Gasteiger partial charge in [-0.15, -0.1) is 0 Å². The van der Waals surface area contributed by atoms with Gasteiger partial charge < -0.3 is 15.0 Å². The number of carbonyl (C=O) groups is 2. The highest BCUT2D eigenvalue weighted by Crippen LogP contribution is 2.24. The van der Waals surface area contributed by atoms with Gasteiger partial charge in [0, 0.05) is 26.6 Å². The monoisotopic (exact) mass is 268 g/mol. The van der Waals surface area contributed by atoms with Crippen molar-refractivity contribution in [1.82, 2.24) is 10.2 Å². The van der Waals surface area contributed by atoms with Gasteiger partial charge in [0.2, 0.25) is 11.8 Å². The number of likely N-dealkylation sites (tertiary alicyclic amines) is 1. The summed E-state index contributed by atoms with van der Waals surface area (Å²) in [6.07, 6.45) is 3.26. The maximum absolute atomic E-state index is 12.6. The molecule has 0 unspecified atom stereocenters. The van der Waals surface area contributed by atoms with Crippen LogP contribution in [0.1, 0.15) is 32.6 Å². The Morgan fingerprint density at radius 1 is 1.37 bits per heavy atom. The van der Waals surface area contributed by atoms with Crippen LogP contribution in [0.15, 0.2) is 0 Å². The number of nitrogens with zero attached hydrogens (tertiary/aromatic N) is 1. The molecule has 5 nitrogen and oxygen atoms in total. The predicted molar refractivity (Wildman–Crippen MR) is 71.5 cm³/mol. The van der Waals surface area contributed by atoms with E-state index in [0.29, 0.717) is 25.4 Å². The van der Waals surface area contributed by atoms with Crippen molar-refractivity contribution >= 4 is 11.8 Å². The van der Waals surface area contributed by atoms with Crippen molar-refractivity contribution in [3.05, 3.63) is 0 Å². The molecule has 2 rings (SSSR count). The Labute approximate surface area is 114 Å². The van der Waals surface area contributed by atoms with Crippen LogP contribution in [0, 0.1) is 11.8 Å². The molecule has 19 heavy (non-hydrogen) atoms. The molecule has 2 saturated heterocycles. The third-order valence-electron chi connectivity index (χ3n) is 4.27. The lowest BCUT2D eigenvalue weighted by Crippen LogP contribution is -2.54. The molecule has 0 bridgehead atoms. The fraction of sp³-hybridized carbons (Fsp3) is 0.857. The van der Waals surface area contributed by atoms with E-state index in [1.807, 2.05) is 4.90 Å². The Balaban J connectivity index is 1.97. The van der Waals surface area contributed by atoms with Crippen molar-refractivity contribution < 1.29 is 14.3 Å². The molecule has 0 aromatic rings. The number of methoxy groups -OCH3 is 1. The first-order valence-corrected chi connectivity index (χ1v) is 7.19. The average Bonchev–Trinajstić information content (AvgIpc) is 2.39. The standard InChI is InChI=1S/C14H24N2O3/c1-10-5-7-16(8-6-10)14(18)11-3-4-13(17)15-12(11)9-19-2/h10-12H,3-9H2,1-2H3,(H,15,17)/t11-,12-/m1/s1. The van der Waals surface area contributed by atoms with Crippen LogP contribution in [0.5, 0.6) is 0 Å². The van der Waals surface area contributed by atoms with E-state index >= 15 is 0 Å². The summed E-state index contributed by atoms with van der Waals surface area (Å²) in [6.45, 7) is 4.34. The van der Waals surface area contributed by atoms with Gasteiger partial charge in [0.05, 0.1) is 18.6 Å². The number of ether oxygens (including phenoxy) is 1. The van der Waals surface area contributed by atoms with Crippen LogP contribution in [0.4, 0.5) is 0 Å². The molecular weight excluding hydrogens is 244 g/mol. The first-order chi connectivity index (χ1) is 9.11. The van der Waals surface area contributed by atoms with Gasteiger partial charge in [-0.25, -0.2) is 0 Å². The Hall–Kier alpha value is -1.10. The summed E-state index contributed by atoms with van der Waals surface area (Å²) in [4.78, 5) is 26.0. The minimum absolute atomic E-state index is 0.0263. The van der Waals surface area contributed by atoms with Crippen molar-refractivity contribution in [3.63, 3.8) is 0 Å². The summed E-state index contributed by atoms with van der Waals surface area (Å²) in [6, 6.07) is -0.168. The van der Waals surface area contributed by atoms with E-state index in [2.05, 4.69) is 12.2 Å². The number of hydrogen-bond acceptors (Lipinski definition) is 3. The summed E-state index contributed by atoms with van der Waals surface area (Å²) in [5, 5.41) is 2.88. The molecule has 0 radical (unpaired) electrons.